The number of alkyl halides is 1. The molecule has 1 fully saturated rings. The maximum Gasteiger partial charge on any atom is 0.222 e. The van der Waals surface area contributed by atoms with Crippen LogP contribution in [0.2, 0.25) is 0 Å². The normalized spacial score (nSPS) is 17.8. The minimum absolute atomic E-state index is 0.379. The third-order valence-corrected chi connectivity index (χ3v) is 4.35. The minimum Gasteiger partial charge on any atom is -0.343 e. The first-order valence-corrected chi connectivity index (χ1v) is 7.73. The molecule has 0 spiro atoms. The van der Waals surface area contributed by atoms with E-state index in [1.165, 1.54) is 32.1 Å². The molecule has 0 atom stereocenters. The molecule has 1 aliphatic rings. The van der Waals surface area contributed by atoms with Crippen LogP contribution in [0, 0.1) is 5.92 Å². The molecular formula is C13H24BrNO. The molecule has 1 aliphatic heterocycles. The van der Waals surface area contributed by atoms with E-state index >= 15 is 0 Å². The Morgan fingerprint density at radius 2 is 1.94 bits per heavy atom. The van der Waals surface area contributed by atoms with Gasteiger partial charge in [0.1, 0.15) is 0 Å². The predicted molar refractivity (Wildman–Crippen MR) is 71.9 cm³/mol. The van der Waals surface area contributed by atoms with Crippen molar-refractivity contribution >= 4 is 21.8 Å². The number of likely N-dealkylation sites (tertiary alicyclic amines) is 1. The highest BCUT2D eigenvalue weighted by Crippen LogP contribution is 2.19. The first-order chi connectivity index (χ1) is 7.77. The van der Waals surface area contributed by atoms with Crippen molar-refractivity contribution in [3.63, 3.8) is 0 Å². The summed E-state index contributed by atoms with van der Waals surface area (Å²) in [5, 5.41) is 1.09. The van der Waals surface area contributed by atoms with Crippen molar-refractivity contribution in [3.8, 4) is 0 Å². The summed E-state index contributed by atoms with van der Waals surface area (Å²) < 4.78 is 0. The topological polar surface area (TPSA) is 20.3 Å². The summed E-state index contributed by atoms with van der Waals surface area (Å²) in [5.74, 6) is 1.16. The van der Waals surface area contributed by atoms with Gasteiger partial charge in [0.2, 0.25) is 5.91 Å². The van der Waals surface area contributed by atoms with Gasteiger partial charge < -0.3 is 4.90 Å². The fourth-order valence-electron chi connectivity index (χ4n) is 2.20. The summed E-state index contributed by atoms with van der Waals surface area (Å²) >= 11 is 3.52. The van der Waals surface area contributed by atoms with Gasteiger partial charge in [0, 0.05) is 24.8 Å². The quantitative estimate of drug-likeness (QED) is 0.541. The molecule has 0 aromatic carbocycles. The Morgan fingerprint density at radius 1 is 1.25 bits per heavy atom. The van der Waals surface area contributed by atoms with E-state index in [1.807, 2.05) is 0 Å². The molecule has 1 heterocycles. The van der Waals surface area contributed by atoms with Crippen LogP contribution >= 0.6 is 15.9 Å². The first kappa shape index (κ1) is 14.0. The summed E-state index contributed by atoms with van der Waals surface area (Å²) in [6, 6.07) is 0. The second-order valence-corrected chi connectivity index (χ2v) is 5.44. The molecule has 1 amide bonds. The van der Waals surface area contributed by atoms with Gasteiger partial charge in [-0.3, -0.25) is 4.79 Å². The number of carbonyl (C=O) groups is 1. The molecule has 16 heavy (non-hydrogen) atoms. The van der Waals surface area contributed by atoms with Crippen LogP contribution in [0.4, 0.5) is 0 Å². The summed E-state index contributed by atoms with van der Waals surface area (Å²) in [6.07, 6.45) is 7.89. The Kier molecular flexibility index (Phi) is 7.10. The van der Waals surface area contributed by atoms with Crippen molar-refractivity contribution in [1.82, 2.24) is 4.90 Å². The lowest BCUT2D eigenvalue weighted by molar-refractivity contribution is -0.132. The monoisotopic (exact) mass is 289 g/mol. The highest BCUT2D eigenvalue weighted by molar-refractivity contribution is 9.09. The van der Waals surface area contributed by atoms with Gasteiger partial charge >= 0.3 is 0 Å². The molecule has 0 bridgehead atoms. The van der Waals surface area contributed by atoms with Crippen LogP contribution in [0.5, 0.6) is 0 Å². The van der Waals surface area contributed by atoms with Gasteiger partial charge in [-0.1, -0.05) is 42.1 Å². The number of hydrogen-bond donors (Lipinski definition) is 0. The summed E-state index contributed by atoms with van der Waals surface area (Å²) in [6.45, 7) is 4.15. The smallest absolute Gasteiger partial charge is 0.222 e. The minimum atomic E-state index is 0.379. The van der Waals surface area contributed by atoms with E-state index in [1.54, 1.807) is 0 Å². The van der Waals surface area contributed by atoms with Crippen molar-refractivity contribution in [2.24, 2.45) is 5.92 Å². The standard InChI is InChI=1S/C13H24BrNO/c1-2-3-4-5-6-13(16)15-9-7-12(11-14)8-10-15/h12H,2-11H2,1H3. The summed E-state index contributed by atoms with van der Waals surface area (Å²) in [7, 11) is 0. The lowest BCUT2D eigenvalue weighted by atomic mass is 9.99. The van der Waals surface area contributed by atoms with Gasteiger partial charge in [0.05, 0.1) is 0 Å². The molecule has 1 saturated heterocycles. The average molecular weight is 290 g/mol. The Bertz CT molecular complexity index is 200. The number of rotatable bonds is 6. The van der Waals surface area contributed by atoms with Crippen molar-refractivity contribution < 1.29 is 4.79 Å². The highest BCUT2D eigenvalue weighted by atomic mass is 79.9. The van der Waals surface area contributed by atoms with E-state index in [4.69, 9.17) is 0 Å². The molecule has 3 heteroatoms. The van der Waals surface area contributed by atoms with E-state index < -0.39 is 0 Å². The largest absolute Gasteiger partial charge is 0.343 e. The van der Waals surface area contributed by atoms with Crippen LogP contribution in [0.1, 0.15) is 51.9 Å². The number of halogens is 1. The lowest BCUT2D eigenvalue weighted by Gasteiger charge is -2.31. The number of hydrogen-bond acceptors (Lipinski definition) is 1. The molecule has 94 valence electrons. The molecule has 0 aliphatic carbocycles. The molecule has 0 N–H and O–H groups in total. The van der Waals surface area contributed by atoms with Crippen LogP contribution in [0.25, 0.3) is 0 Å². The van der Waals surface area contributed by atoms with Gasteiger partial charge in [0.15, 0.2) is 0 Å². The van der Waals surface area contributed by atoms with Gasteiger partial charge in [-0.15, -0.1) is 0 Å². The van der Waals surface area contributed by atoms with Gasteiger partial charge in [-0.05, 0) is 25.2 Å². The maximum atomic E-state index is 11.9. The van der Waals surface area contributed by atoms with E-state index in [9.17, 15) is 4.79 Å². The average Bonchev–Trinajstić information content (AvgIpc) is 2.34. The SMILES string of the molecule is CCCCCCC(=O)N1CCC(CBr)CC1. The zero-order valence-electron chi connectivity index (χ0n) is 10.4. The second-order valence-electron chi connectivity index (χ2n) is 4.79. The van der Waals surface area contributed by atoms with Crippen molar-refractivity contribution in [2.75, 3.05) is 18.4 Å². The molecule has 1 rings (SSSR count). The third-order valence-electron chi connectivity index (χ3n) is 3.43. The second kappa shape index (κ2) is 8.10. The maximum absolute atomic E-state index is 11.9. The Hall–Kier alpha value is -0.0500. The van der Waals surface area contributed by atoms with Crippen molar-refractivity contribution in [3.05, 3.63) is 0 Å². The van der Waals surface area contributed by atoms with Crippen LogP contribution in [0.15, 0.2) is 0 Å². The molecule has 0 aromatic heterocycles. The zero-order chi connectivity index (χ0) is 11.8. The number of unbranched alkanes of at least 4 members (excludes halogenated alkanes) is 3. The third kappa shape index (κ3) is 4.86. The lowest BCUT2D eigenvalue weighted by Crippen LogP contribution is -2.38. The van der Waals surface area contributed by atoms with Crippen molar-refractivity contribution in [1.29, 1.82) is 0 Å². The predicted octanol–water partition coefficient (Wildman–Crippen LogP) is 3.59. The Labute approximate surface area is 108 Å². The Balaban J connectivity index is 2.13. The van der Waals surface area contributed by atoms with E-state index in [2.05, 4.69) is 27.8 Å². The number of piperidine rings is 1. The first-order valence-electron chi connectivity index (χ1n) is 6.61. The molecular weight excluding hydrogens is 266 g/mol. The number of carbonyl (C=O) groups excluding carboxylic acids is 1. The fourth-order valence-corrected chi connectivity index (χ4v) is 2.85. The number of amides is 1. The van der Waals surface area contributed by atoms with Crippen molar-refractivity contribution in [2.45, 2.75) is 51.9 Å². The highest BCUT2D eigenvalue weighted by Gasteiger charge is 2.21. The van der Waals surface area contributed by atoms with Gasteiger partial charge in [0.25, 0.3) is 0 Å². The summed E-state index contributed by atoms with van der Waals surface area (Å²) in [5.41, 5.74) is 0. The zero-order valence-corrected chi connectivity index (χ0v) is 12.0. The van der Waals surface area contributed by atoms with Gasteiger partial charge in [-0.25, -0.2) is 0 Å². The molecule has 0 saturated carbocycles. The Morgan fingerprint density at radius 3 is 2.50 bits per heavy atom. The van der Waals surface area contributed by atoms with Crippen LogP contribution in [0.3, 0.4) is 0 Å². The van der Waals surface area contributed by atoms with E-state index in [0.29, 0.717) is 5.91 Å². The van der Waals surface area contributed by atoms with Gasteiger partial charge in [-0.2, -0.15) is 0 Å². The molecule has 0 unspecified atom stereocenters. The molecule has 0 radical (unpaired) electrons. The van der Waals surface area contributed by atoms with E-state index in [-0.39, 0.29) is 0 Å². The molecule has 0 aromatic rings. The molecule has 2 nitrogen and oxygen atoms in total. The number of nitrogens with zero attached hydrogens (tertiary/aromatic N) is 1. The van der Waals surface area contributed by atoms with Crippen LogP contribution < -0.4 is 0 Å². The fraction of sp³-hybridized carbons (Fsp3) is 0.923. The summed E-state index contributed by atoms with van der Waals surface area (Å²) in [4.78, 5) is 13.9. The van der Waals surface area contributed by atoms with Crippen LogP contribution in [-0.4, -0.2) is 29.2 Å². The van der Waals surface area contributed by atoms with Crippen LogP contribution in [-0.2, 0) is 4.79 Å². The van der Waals surface area contributed by atoms with E-state index in [0.717, 1.165) is 37.2 Å².